The van der Waals surface area contributed by atoms with Crippen molar-refractivity contribution >= 4 is 23.2 Å². The molecule has 0 bridgehead atoms. The van der Waals surface area contributed by atoms with Crippen LogP contribution in [0.2, 0.25) is 0 Å². The molecular formula is C22H17F2NS. The average molecular weight is 365 g/mol. The van der Waals surface area contributed by atoms with Crippen LogP contribution >= 0.6 is 11.8 Å². The van der Waals surface area contributed by atoms with E-state index in [4.69, 9.17) is 0 Å². The fourth-order valence-electron chi connectivity index (χ4n) is 2.30. The molecule has 3 aromatic carbocycles. The van der Waals surface area contributed by atoms with E-state index >= 15 is 0 Å². The highest BCUT2D eigenvalue weighted by molar-refractivity contribution is 8.02. The number of halogens is 2. The van der Waals surface area contributed by atoms with Gasteiger partial charge in [-0.25, -0.2) is 13.8 Å². The molecule has 0 saturated carbocycles. The maximum absolute atomic E-state index is 14.2. The van der Waals surface area contributed by atoms with E-state index in [1.54, 1.807) is 36.4 Å². The molecule has 0 heterocycles. The Balaban J connectivity index is 1.90. The van der Waals surface area contributed by atoms with Gasteiger partial charge in [0.25, 0.3) is 0 Å². The van der Waals surface area contributed by atoms with Crippen LogP contribution in [0, 0.1) is 18.6 Å². The third kappa shape index (κ3) is 4.90. The minimum Gasteiger partial charge on any atom is -0.248 e. The van der Waals surface area contributed by atoms with E-state index in [1.807, 2.05) is 36.6 Å². The summed E-state index contributed by atoms with van der Waals surface area (Å²) in [6, 6.07) is 20.5. The first-order chi connectivity index (χ1) is 12.6. The van der Waals surface area contributed by atoms with Gasteiger partial charge in [0.1, 0.15) is 11.6 Å². The normalized spacial score (nSPS) is 11.9. The number of aryl methyl sites for hydroxylation is 1. The number of allylic oxidation sites excluding steroid dienone is 1. The van der Waals surface area contributed by atoms with Gasteiger partial charge < -0.3 is 0 Å². The number of aliphatic imine (C=N–C) groups is 1. The molecule has 0 atom stereocenters. The first-order valence-electron chi connectivity index (χ1n) is 8.11. The minimum atomic E-state index is -0.324. The Bertz CT molecular complexity index is 929. The van der Waals surface area contributed by atoms with Gasteiger partial charge in [-0.2, -0.15) is 0 Å². The molecule has 0 aliphatic rings. The Labute approximate surface area is 156 Å². The van der Waals surface area contributed by atoms with Crippen molar-refractivity contribution < 1.29 is 8.78 Å². The summed E-state index contributed by atoms with van der Waals surface area (Å²) in [7, 11) is 0. The Morgan fingerprint density at radius 3 is 2.27 bits per heavy atom. The molecule has 0 saturated heterocycles. The molecule has 1 nitrogen and oxygen atoms in total. The molecule has 0 aliphatic heterocycles. The number of hydrogen-bond acceptors (Lipinski definition) is 2. The van der Waals surface area contributed by atoms with Crippen molar-refractivity contribution in [2.75, 3.05) is 0 Å². The van der Waals surface area contributed by atoms with Crippen molar-refractivity contribution in [1.29, 1.82) is 0 Å². The molecule has 130 valence electrons. The summed E-state index contributed by atoms with van der Waals surface area (Å²) in [4.78, 5) is 5.49. The zero-order valence-corrected chi connectivity index (χ0v) is 15.0. The summed E-state index contributed by atoms with van der Waals surface area (Å²) < 4.78 is 27.2. The molecule has 4 heteroatoms. The molecule has 3 aromatic rings. The summed E-state index contributed by atoms with van der Waals surface area (Å²) in [6.07, 6.45) is 1.77. The van der Waals surface area contributed by atoms with Crippen LogP contribution in [-0.2, 0) is 0 Å². The molecule has 0 spiro atoms. The van der Waals surface area contributed by atoms with Gasteiger partial charge >= 0.3 is 0 Å². The van der Waals surface area contributed by atoms with Crippen LogP contribution in [0.1, 0.15) is 11.1 Å². The smallest absolute Gasteiger partial charge is 0.132 e. The van der Waals surface area contributed by atoms with Crippen LogP contribution < -0.4 is 0 Å². The molecule has 3 rings (SSSR count). The summed E-state index contributed by atoms with van der Waals surface area (Å²) in [5.41, 5.74) is 2.86. The lowest BCUT2D eigenvalue weighted by atomic mass is 10.1. The van der Waals surface area contributed by atoms with Gasteiger partial charge in [-0.1, -0.05) is 41.6 Å². The number of hydrogen-bond donors (Lipinski definition) is 0. The lowest BCUT2D eigenvalue weighted by molar-refractivity contribution is 0.625. The predicted molar refractivity (Wildman–Crippen MR) is 105 cm³/mol. The largest absolute Gasteiger partial charge is 0.248 e. The molecule has 0 radical (unpaired) electrons. The van der Waals surface area contributed by atoms with Crippen molar-refractivity contribution in [1.82, 2.24) is 0 Å². The first-order valence-corrected chi connectivity index (χ1v) is 8.99. The van der Waals surface area contributed by atoms with Crippen molar-refractivity contribution in [2.45, 2.75) is 11.8 Å². The van der Waals surface area contributed by atoms with E-state index in [2.05, 4.69) is 4.99 Å². The van der Waals surface area contributed by atoms with Crippen LogP contribution in [-0.4, -0.2) is 5.71 Å². The van der Waals surface area contributed by atoms with Crippen LogP contribution in [0.25, 0.3) is 0 Å². The topological polar surface area (TPSA) is 12.4 Å². The average Bonchev–Trinajstić information content (AvgIpc) is 2.65. The van der Waals surface area contributed by atoms with Gasteiger partial charge in [-0.05, 0) is 66.9 Å². The van der Waals surface area contributed by atoms with Crippen molar-refractivity contribution in [3.8, 4) is 0 Å². The zero-order valence-electron chi connectivity index (χ0n) is 14.2. The van der Waals surface area contributed by atoms with Crippen LogP contribution in [0.5, 0.6) is 0 Å². The summed E-state index contributed by atoms with van der Waals surface area (Å²) in [5.74, 6) is -0.596. The molecule has 0 fully saturated rings. The monoisotopic (exact) mass is 365 g/mol. The van der Waals surface area contributed by atoms with Crippen molar-refractivity contribution in [3.05, 3.63) is 107 Å². The third-order valence-corrected chi connectivity index (χ3v) is 4.49. The summed E-state index contributed by atoms with van der Waals surface area (Å²) in [6.45, 7) is 2.00. The molecule has 0 amide bonds. The van der Waals surface area contributed by atoms with Gasteiger partial charge in [-0.15, -0.1) is 0 Å². The second kappa shape index (κ2) is 8.59. The van der Waals surface area contributed by atoms with Crippen LogP contribution in [0.15, 0.2) is 94.2 Å². The van der Waals surface area contributed by atoms with Crippen LogP contribution in [0.3, 0.4) is 0 Å². The molecule has 26 heavy (non-hydrogen) atoms. The number of rotatable bonds is 5. The van der Waals surface area contributed by atoms with E-state index in [9.17, 15) is 8.78 Å². The Kier molecular flexibility index (Phi) is 5.97. The van der Waals surface area contributed by atoms with E-state index in [0.717, 1.165) is 16.1 Å². The van der Waals surface area contributed by atoms with E-state index in [-0.39, 0.29) is 11.6 Å². The quantitative estimate of drug-likeness (QED) is 0.362. The fourth-order valence-corrected chi connectivity index (χ4v) is 2.95. The number of nitrogens with zero attached hydrogens (tertiary/aromatic N) is 1. The fraction of sp³-hybridized carbons (Fsp3) is 0.0455. The Morgan fingerprint density at radius 1 is 0.885 bits per heavy atom. The molecule has 0 unspecified atom stereocenters. The van der Waals surface area contributed by atoms with E-state index in [0.29, 0.717) is 11.3 Å². The number of benzene rings is 3. The van der Waals surface area contributed by atoms with Crippen molar-refractivity contribution in [3.63, 3.8) is 0 Å². The second-order valence-electron chi connectivity index (χ2n) is 5.69. The molecule has 0 aliphatic carbocycles. The highest BCUT2D eigenvalue weighted by Gasteiger charge is 2.07. The summed E-state index contributed by atoms with van der Waals surface area (Å²) in [5, 5.41) is 1.83. The SMILES string of the molecule is Cc1ccc(/N=C(/C=C/Sc2ccc(F)cc2)c2ccccc2F)cc1. The first kappa shape index (κ1) is 18.1. The third-order valence-electron chi connectivity index (χ3n) is 3.68. The second-order valence-corrected chi connectivity index (χ2v) is 6.67. The van der Waals surface area contributed by atoms with Gasteiger partial charge in [0.15, 0.2) is 0 Å². The molecule has 0 N–H and O–H groups in total. The lowest BCUT2D eigenvalue weighted by Crippen LogP contribution is -1.99. The minimum absolute atomic E-state index is 0.272. The maximum atomic E-state index is 14.2. The van der Waals surface area contributed by atoms with Gasteiger partial charge in [-0.3, -0.25) is 0 Å². The predicted octanol–water partition coefficient (Wildman–Crippen LogP) is 6.70. The highest BCUT2D eigenvalue weighted by Crippen LogP contribution is 2.22. The standard InChI is InChI=1S/C22H17F2NS/c1-16-6-10-18(11-7-16)25-22(20-4-2-3-5-21(20)24)14-15-26-19-12-8-17(23)9-13-19/h2-15H,1H3/b15-14+,25-22-. The Hall–Kier alpha value is -2.72. The molecule has 0 aromatic heterocycles. The van der Waals surface area contributed by atoms with E-state index in [1.165, 1.54) is 30.0 Å². The van der Waals surface area contributed by atoms with Gasteiger partial charge in [0.2, 0.25) is 0 Å². The number of thioether (sulfide) groups is 1. The van der Waals surface area contributed by atoms with Crippen LogP contribution in [0.4, 0.5) is 14.5 Å². The van der Waals surface area contributed by atoms with Crippen molar-refractivity contribution in [2.24, 2.45) is 4.99 Å². The zero-order chi connectivity index (χ0) is 18.4. The van der Waals surface area contributed by atoms with Gasteiger partial charge in [0.05, 0.1) is 11.4 Å². The van der Waals surface area contributed by atoms with E-state index < -0.39 is 0 Å². The Morgan fingerprint density at radius 2 is 1.58 bits per heavy atom. The highest BCUT2D eigenvalue weighted by atomic mass is 32.2. The lowest BCUT2D eigenvalue weighted by Gasteiger charge is -2.05. The van der Waals surface area contributed by atoms with Gasteiger partial charge in [0, 0.05) is 10.5 Å². The maximum Gasteiger partial charge on any atom is 0.132 e. The molecular weight excluding hydrogens is 348 g/mol. The summed E-state index contributed by atoms with van der Waals surface area (Å²) >= 11 is 1.42.